The molecule has 19 heavy (non-hydrogen) atoms. The Bertz CT molecular complexity index is 589. The summed E-state index contributed by atoms with van der Waals surface area (Å²) in [4.78, 5) is 14.6. The van der Waals surface area contributed by atoms with E-state index in [0.717, 1.165) is 5.56 Å². The SMILES string of the molecule is C[C@H](c1ccccc1)n1c(Br)nc(F)c1C(=O)O.[Ag]. The van der Waals surface area contributed by atoms with Crippen LogP contribution < -0.4 is 0 Å². The predicted molar refractivity (Wildman–Crippen MR) is 67.1 cm³/mol. The van der Waals surface area contributed by atoms with Crippen LogP contribution in [0.15, 0.2) is 35.1 Å². The van der Waals surface area contributed by atoms with E-state index in [1.165, 1.54) is 4.57 Å². The smallest absolute Gasteiger partial charge is 0.357 e. The number of benzene rings is 1. The van der Waals surface area contributed by atoms with Gasteiger partial charge < -0.3 is 9.67 Å². The van der Waals surface area contributed by atoms with E-state index in [-0.39, 0.29) is 33.2 Å². The molecule has 7 heteroatoms. The Labute approximate surface area is 133 Å². The van der Waals surface area contributed by atoms with Crippen molar-refractivity contribution in [2.75, 3.05) is 0 Å². The van der Waals surface area contributed by atoms with Gasteiger partial charge in [-0.15, -0.1) is 0 Å². The van der Waals surface area contributed by atoms with Gasteiger partial charge in [0.2, 0.25) is 5.95 Å². The van der Waals surface area contributed by atoms with E-state index in [0.29, 0.717) is 0 Å². The molecule has 0 aliphatic rings. The molecule has 0 fully saturated rings. The number of rotatable bonds is 3. The van der Waals surface area contributed by atoms with Crippen molar-refractivity contribution in [3.8, 4) is 0 Å². The second-order valence-electron chi connectivity index (χ2n) is 3.78. The maximum Gasteiger partial charge on any atom is 0.357 e. The number of hydrogen-bond donors (Lipinski definition) is 1. The first kappa shape index (κ1) is 16.1. The van der Waals surface area contributed by atoms with Gasteiger partial charge in [-0.25, -0.2) is 4.79 Å². The van der Waals surface area contributed by atoms with Crippen LogP contribution in [0, 0.1) is 5.95 Å². The molecular weight excluding hydrogens is 411 g/mol. The molecule has 0 spiro atoms. The number of imidazole rings is 1. The van der Waals surface area contributed by atoms with Crippen molar-refractivity contribution >= 4 is 21.9 Å². The van der Waals surface area contributed by atoms with Gasteiger partial charge in [-0.1, -0.05) is 30.3 Å². The monoisotopic (exact) mass is 419 g/mol. The minimum Gasteiger partial charge on any atom is -0.476 e. The Morgan fingerprint density at radius 2 is 2.00 bits per heavy atom. The maximum atomic E-state index is 13.5. The normalized spacial score (nSPS) is 11.7. The van der Waals surface area contributed by atoms with Gasteiger partial charge in [-0.3, -0.25) is 0 Å². The van der Waals surface area contributed by atoms with E-state index >= 15 is 0 Å². The Morgan fingerprint density at radius 3 is 2.53 bits per heavy atom. The third-order valence-electron chi connectivity index (χ3n) is 2.70. The first-order valence-corrected chi connectivity index (χ1v) is 6.03. The van der Waals surface area contributed by atoms with Gasteiger partial charge in [0.1, 0.15) is 0 Å². The van der Waals surface area contributed by atoms with Crippen molar-refractivity contribution < 1.29 is 36.7 Å². The quantitative estimate of drug-likeness (QED) is 0.776. The summed E-state index contributed by atoms with van der Waals surface area (Å²) in [7, 11) is 0. The van der Waals surface area contributed by atoms with E-state index in [1.807, 2.05) is 30.3 Å². The number of carbonyl (C=O) groups is 1. The van der Waals surface area contributed by atoms with Gasteiger partial charge in [0.25, 0.3) is 0 Å². The van der Waals surface area contributed by atoms with Crippen molar-refractivity contribution in [2.45, 2.75) is 13.0 Å². The van der Waals surface area contributed by atoms with Crippen molar-refractivity contribution in [3.63, 3.8) is 0 Å². The van der Waals surface area contributed by atoms with Crippen LogP contribution >= 0.6 is 15.9 Å². The molecule has 1 N–H and O–H groups in total. The van der Waals surface area contributed by atoms with Crippen LogP contribution in [-0.2, 0) is 22.4 Å². The van der Waals surface area contributed by atoms with Gasteiger partial charge in [0.05, 0.1) is 6.04 Å². The third-order valence-corrected chi connectivity index (χ3v) is 3.26. The second-order valence-corrected chi connectivity index (χ2v) is 4.49. The fourth-order valence-electron chi connectivity index (χ4n) is 1.80. The average Bonchev–Trinajstić information content (AvgIpc) is 2.64. The molecule has 1 aromatic carbocycles. The van der Waals surface area contributed by atoms with Crippen molar-refractivity contribution in [1.29, 1.82) is 0 Å². The molecule has 0 saturated carbocycles. The molecule has 0 aliphatic heterocycles. The van der Waals surface area contributed by atoms with Crippen LogP contribution in [0.4, 0.5) is 4.39 Å². The van der Waals surface area contributed by atoms with Crippen molar-refractivity contribution in [2.24, 2.45) is 0 Å². The summed E-state index contributed by atoms with van der Waals surface area (Å²) in [6.07, 6.45) is 0. The molecule has 1 heterocycles. The topological polar surface area (TPSA) is 55.1 Å². The summed E-state index contributed by atoms with van der Waals surface area (Å²) in [5, 5.41) is 9.03. The molecule has 1 radical (unpaired) electrons. The molecule has 1 atom stereocenters. The van der Waals surface area contributed by atoms with E-state index in [2.05, 4.69) is 20.9 Å². The summed E-state index contributed by atoms with van der Waals surface area (Å²) in [5.74, 6) is -2.33. The number of carboxylic acids is 1. The summed E-state index contributed by atoms with van der Waals surface area (Å²) in [6.45, 7) is 1.79. The molecule has 0 saturated heterocycles. The van der Waals surface area contributed by atoms with Crippen LogP contribution in [0.25, 0.3) is 0 Å². The minimum absolute atomic E-state index is 0. The van der Waals surface area contributed by atoms with E-state index < -0.39 is 17.6 Å². The predicted octanol–water partition coefficient (Wildman–Crippen LogP) is 3.09. The Balaban J connectivity index is 0.00000180. The van der Waals surface area contributed by atoms with Crippen LogP contribution in [0.5, 0.6) is 0 Å². The van der Waals surface area contributed by atoms with Crippen LogP contribution in [0.1, 0.15) is 29.0 Å². The standard InChI is InChI=1S/C12H10BrFN2O2.Ag/c1-7(8-5-3-2-4-6-8)16-9(11(17)18)10(14)15-12(16)13;/h2-7H,1H3,(H,17,18);/t7-;/m1./s1. The molecule has 0 amide bonds. The molecule has 0 bridgehead atoms. The van der Waals surface area contributed by atoms with E-state index in [1.54, 1.807) is 6.92 Å². The molecule has 1 aromatic heterocycles. The van der Waals surface area contributed by atoms with E-state index in [9.17, 15) is 9.18 Å². The van der Waals surface area contributed by atoms with Gasteiger partial charge in [0.15, 0.2) is 10.4 Å². The van der Waals surface area contributed by atoms with Gasteiger partial charge in [-0.2, -0.15) is 9.37 Å². The van der Waals surface area contributed by atoms with Gasteiger partial charge >= 0.3 is 5.97 Å². The maximum absolute atomic E-state index is 13.5. The number of aromatic nitrogens is 2. The Kier molecular flexibility index (Phi) is 5.49. The van der Waals surface area contributed by atoms with Crippen LogP contribution in [0.3, 0.4) is 0 Å². The second kappa shape index (κ2) is 6.47. The molecule has 4 nitrogen and oxygen atoms in total. The number of halogens is 2. The Morgan fingerprint density at radius 1 is 1.42 bits per heavy atom. The van der Waals surface area contributed by atoms with Crippen molar-refractivity contribution in [1.82, 2.24) is 9.55 Å². The fourth-order valence-corrected chi connectivity index (χ4v) is 2.44. The van der Waals surface area contributed by atoms with Crippen molar-refractivity contribution in [3.05, 3.63) is 52.3 Å². The number of aromatic carboxylic acids is 1. The first-order chi connectivity index (χ1) is 8.52. The number of carboxylic acid groups (broad SMARTS) is 1. The molecule has 2 aromatic rings. The zero-order valence-electron chi connectivity index (χ0n) is 9.77. The Hall–Kier alpha value is -0.950. The van der Waals surface area contributed by atoms with Gasteiger partial charge in [-0.05, 0) is 28.4 Å². The van der Waals surface area contributed by atoms with E-state index in [4.69, 9.17) is 5.11 Å². The zero-order chi connectivity index (χ0) is 13.3. The molecule has 2 rings (SSSR count). The molecule has 0 aliphatic carbocycles. The first-order valence-electron chi connectivity index (χ1n) is 5.24. The zero-order valence-corrected chi connectivity index (χ0v) is 12.8. The molecule has 0 unspecified atom stereocenters. The van der Waals surface area contributed by atoms with Crippen LogP contribution in [0.2, 0.25) is 0 Å². The summed E-state index contributed by atoms with van der Waals surface area (Å²) >= 11 is 3.08. The summed E-state index contributed by atoms with van der Waals surface area (Å²) in [5.41, 5.74) is 0.427. The molecular formula is C12H10AgBrFN2O2. The summed E-state index contributed by atoms with van der Waals surface area (Å²) in [6, 6.07) is 8.91. The number of nitrogens with zero attached hydrogens (tertiary/aromatic N) is 2. The van der Waals surface area contributed by atoms with Crippen LogP contribution in [-0.4, -0.2) is 20.6 Å². The number of hydrogen-bond acceptors (Lipinski definition) is 2. The summed E-state index contributed by atoms with van der Waals surface area (Å²) < 4.78 is 14.9. The third kappa shape index (κ3) is 3.14. The fraction of sp³-hybridized carbons (Fsp3) is 0.167. The largest absolute Gasteiger partial charge is 0.476 e. The van der Waals surface area contributed by atoms with Gasteiger partial charge in [0, 0.05) is 22.4 Å². The molecule has 105 valence electrons. The average molecular weight is 421 g/mol. The minimum atomic E-state index is -1.34.